The molecule has 0 saturated heterocycles. The number of para-hydroxylation sites is 1. The molecular weight excluding hydrogens is 334 g/mol. The maximum Gasteiger partial charge on any atom is 0.251 e. The number of hydrogen-bond acceptors (Lipinski definition) is 7. The van der Waals surface area contributed by atoms with Crippen molar-refractivity contribution < 1.29 is 4.79 Å². The summed E-state index contributed by atoms with van der Waals surface area (Å²) in [4.78, 5) is 34.2. The van der Waals surface area contributed by atoms with E-state index in [0.717, 1.165) is 22.0 Å². The zero-order chi connectivity index (χ0) is 16.2. The van der Waals surface area contributed by atoms with Crippen LogP contribution in [0.3, 0.4) is 0 Å². The molecule has 0 aliphatic rings. The highest BCUT2D eigenvalue weighted by atomic mass is 32.2. The van der Waals surface area contributed by atoms with E-state index in [4.69, 9.17) is 0 Å². The molecule has 0 aliphatic heterocycles. The Morgan fingerprint density at radius 1 is 1.35 bits per heavy atom. The van der Waals surface area contributed by atoms with E-state index in [0.29, 0.717) is 16.0 Å². The Balaban J connectivity index is 1.54. The summed E-state index contributed by atoms with van der Waals surface area (Å²) in [5, 5.41) is 1.04. The lowest BCUT2D eigenvalue weighted by molar-refractivity contribution is -0.118. The van der Waals surface area contributed by atoms with Crippen molar-refractivity contribution in [2.75, 3.05) is 11.2 Å². The van der Waals surface area contributed by atoms with Crippen LogP contribution in [-0.2, 0) is 4.79 Å². The molecule has 3 N–H and O–H groups in total. The molecule has 1 amide bonds. The van der Waals surface area contributed by atoms with Crippen molar-refractivity contribution >= 4 is 44.4 Å². The summed E-state index contributed by atoms with van der Waals surface area (Å²) < 4.78 is 1.04. The summed E-state index contributed by atoms with van der Waals surface area (Å²) in [6.07, 6.45) is 0. The fourth-order valence-electron chi connectivity index (χ4n) is 1.84. The minimum atomic E-state index is -0.238. The number of hydrazine groups is 1. The third kappa shape index (κ3) is 4.08. The number of nitrogens with zero attached hydrogens (tertiary/aromatic N) is 2. The van der Waals surface area contributed by atoms with Gasteiger partial charge in [0.05, 0.1) is 16.0 Å². The van der Waals surface area contributed by atoms with Crippen molar-refractivity contribution in [1.29, 1.82) is 0 Å². The lowest BCUT2D eigenvalue weighted by Gasteiger charge is -2.05. The summed E-state index contributed by atoms with van der Waals surface area (Å²) in [5.41, 5.74) is 6.64. The Morgan fingerprint density at radius 2 is 2.17 bits per heavy atom. The number of thioether (sulfide) groups is 1. The van der Waals surface area contributed by atoms with Gasteiger partial charge in [-0.15, -0.1) is 0 Å². The van der Waals surface area contributed by atoms with E-state index in [2.05, 4.69) is 25.8 Å². The zero-order valence-corrected chi connectivity index (χ0v) is 13.8. The minimum absolute atomic E-state index is 0.129. The fourth-order valence-corrected chi connectivity index (χ4v) is 3.38. The summed E-state index contributed by atoms with van der Waals surface area (Å²) in [6.45, 7) is 1.73. The number of hydrogen-bond donors (Lipinski definition) is 3. The van der Waals surface area contributed by atoms with E-state index < -0.39 is 0 Å². The lowest BCUT2D eigenvalue weighted by atomic mass is 10.3. The van der Waals surface area contributed by atoms with Gasteiger partial charge in [-0.3, -0.25) is 20.4 Å². The third-order valence-electron chi connectivity index (χ3n) is 2.79. The number of rotatable bonds is 5. The van der Waals surface area contributed by atoms with E-state index in [1.54, 1.807) is 6.92 Å². The molecule has 1 aromatic carbocycles. The van der Waals surface area contributed by atoms with Crippen LogP contribution in [-0.4, -0.2) is 26.6 Å². The molecule has 0 spiro atoms. The van der Waals surface area contributed by atoms with Gasteiger partial charge in [-0.25, -0.2) is 9.97 Å². The van der Waals surface area contributed by atoms with Crippen LogP contribution in [0.4, 0.5) is 5.13 Å². The maximum atomic E-state index is 11.8. The Labute approximate surface area is 139 Å². The van der Waals surface area contributed by atoms with Crippen molar-refractivity contribution in [2.24, 2.45) is 0 Å². The highest BCUT2D eigenvalue weighted by Gasteiger charge is 2.07. The number of H-pyrrole nitrogens is 1. The number of thiazole rings is 1. The standard InChI is InChI=1S/C14H13N5O2S2/c1-8-6-11(20)17-13(15-8)22-7-12(21)18-19-14-16-9-4-2-3-5-10(9)23-14/h2-6H,7H2,1H3,(H,16,19)(H,18,21)(H,15,17,20). The number of nitrogens with one attached hydrogen (secondary N) is 3. The monoisotopic (exact) mass is 347 g/mol. The molecule has 2 aromatic heterocycles. The first-order valence-corrected chi connectivity index (χ1v) is 8.51. The van der Waals surface area contributed by atoms with Crippen LogP contribution in [0.5, 0.6) is 0 Å². The topological polar surface area (TPSA) is 99.8 Å². The number of anilines is 1. The Kier molecular flexibility index (Phi) is 4.58. The highest BCUT2D eigenvalue weighted by molar-refractivity contribution is 7.99. The molecule has 3 rings (SSSR count). The molecule has 0 radical (unpaired) electrons. The van der Waals surface area contributed by atoms with Gasteiger partial charge in [0.1, 0.15) is 0 Å². The summed E-state index contributed by atoms with van der Waals surface area (Å²) >= 11 is 2.62. The van der Waals surface area contributed by atoms with E-state index in [9.17, 15) is 9.59 Å². The SMILES string of the molecule is Cc1cc(=O)[nH]c(SCC(=O)NNc2nc3ccccc3s2)n1. The van der Waals surface area contributed by atoms with Crippen LogP contribution in [0.2, 0.25) is 0 Å². The van der Waals surface area contributed by atoms with Crippen molar-refractivity contribution in [2.45, 2.75) is 12.1 Å². The summed E-state index contributed by atoms with van der Waals surface area (Å²) in [5.74, 6) is -0.108. The Morgan fingerprint density at radius 3 is 2.96 bits per heavy atom. The average molecular weight is 347 g/mol. The second kappa shape index (κ2) is 6.80. The number of aromatic amines is 1. The molecule has 0 atom stereocenters. The van der Waals surface area contributed by atoms with Crippen molar-refractivity contribution in [1.82, 2.24) is 20.4 Å². The maximum absolute atomic E-state index is 11.8. The summed E-state index contributed by atoms with van der Waals surface area (Å²) in [7, 11) is 0. The van der Waals surface area contributed by atoms with Gasteiger partial charge in [-0.05, 0) is 19.1 Å². The largest absolute Gasteiger partial charge is 0.301 e. The number of aromatic nitrogens is 3. The molecule has 7 nitrogen and oxygen atoms in total. The molecular formula is C14H13N5O2S2. The molecule has 0 saturated carbocycles. The molecule has 118 valence electrons. The average Bonchev–Trinajstić information content (AvgIpc) is 2.93. The molecule has 0 aliphatic carbocycles. The molecule has 9 heteroatoms. The first kappa shape index (κ1) is 15.5. The molecule has 0 unspecified atom stereocenters. The Bertz CT molecular complexity index is 872. The van der Waals surface area contributed by atoms with Crippen LogP contribution in [0, 0.1) is 6.92 Å². The van der Waals surface area contributed by atoms with Gasteiger partial charge in [0, 0.05) is 11.8 Å². The fraction of sp³-hybridized carbons (Fsp3) is 0.143. The molecule has 23 heavy (non-hydrogen) atoms. The number of carbonyl (C=O) groups excluding carboxylic acids is 1. The molecule has 3 aromatic rings. The Hall–Kier alpha value is -2.39. The normalized spacial score (nSPS) is 10.7. The number of amides is 1. The van der Waals surface area contributed by atoms with Crippen molar-refractivity contribution in [3.63, 3.8) is 0 Å². The number of carbonyl (C=O) groups is 1. The van der Waals surface area contributed by atoms with Gasteiger partial charge in [0.25, 0.3) is 5.56 Å². The number of benzene rings is 1. The quantitative estimate of drug-likeness (QED) is 0.370. The van der Waals surface area contributed by atoms with Gasteiger partial charge in [-0.1, -0.05) is 35.2 Å². The third-order valence-corrected chi connectivity index (χ3v) is 4.62. The van der Waals surface area contributed by atoms with E-state index in [-0.39, 0.29) is 17.2 Å². The van der Waals surface area contributed by atoms with Crippen molar-refractivity contribution in [3.05, 3.63) is 46.4 Å². The highest BCUT2D eigenvalue weighted by Crippen LogP contribution is 2.24. The van der Waals surface area contributed by atoms with Crippen LogP contribution >= 0.6 is 23.1 Å². The zero-order valence-electron chi connectivity index (χ0n) is 12.1. The summed E-state index contributed by atoms with van der Waals surface area (Å²) in [6, 6.07) is 9.13. The number of fused-ring (bicyclic) bond motifs is 1. The van der Waals surface area contributed by atoms with Crippen LogP contribution in [0.25, 0.3) is 10.2 Å². The van der Waals surface area contributed by atoms with Crippen LogP contribution in [0.15, 0.2) is 40.3 Å². The van der Waals surface area contributed by atoms with Gasteiger partial charge in [0.2, 0.25) is 11.0 Å². The van der Waals surface area contributed by atoms with E-state index in [1.807, 2.05) is 24.3 Å². The smallest absolute Gasteiger partial charge is 0.251 e. The lowest BCUT2D eigenvalue weighted by Crippen LogP contribution is -2.30. The number of aryl methyl sites for hydroxylation is 1. The first-order valence-electron chi connectivity index (χ1n) is 6.71. The van der Waals surface area contributed by atoms with E-state index >= 15 is 0 Å². The molecule has 0 fully saturated rings. The first-order chi connectivity index (χ1) is 11.1. The van der Waals surface area contributed by atoms with Crippen LogP contribution < -0.4 is 16.4 Å². The van der Waals surface area contributed by atoms with Gasteiger partial charge in [0.15, 0.2) is 5.16 Å². The van der Waals surface area contributed by atoms with Gasteiger partial charge < -0.3 is 4.98 Å². The minimum Gasteiger partial charge on any atom is -0.301 e. The predicted molar refractivity (Wildman–Crippen MR) is 91.7 cm³/mol. The van der Waals surface area contributed by atoms with Crippen molar-refractivity contribution in [3.8, 4) is 0 Å². The molecule has 2 heterocycles. The van der Waals surface area contributed by atoms with E-state index in [1.165, 1.54) is 17.4 Å². The molecule has 0 bridgehead atoms. The second-order valence-corrected chi connectivity index (χ2v) is 6.64. The van der Waals surface area contributed by atoms with Crippen LogP contribution in [0.1, 0.15) is 5.69 Å². The van der Waals surface area contributed by atoms with Gasteiger partial charge >= 0.3 is 0 Å². The van der Waals surface area contributed by atoms with Gasteiger partial charge in [-0.2, -0.15) is 0 Å². The predicted octanol–water partition coefficient (Wildman–Crippen LogP) is 1.92. The second-order valence-electron chi connectivity index (χ2n) is 4.64.